The summed E-state index contributed by atoms with van der Waals surface area (Å²) in [5, 5.41) is 21.8. The highest BCUT2D eigenvalue weighted by Crippen LogP contribution is 2.28. The quantitative estimate of drug-likeness (QED) is 0.821. The number of phenols is 1. The molecule has 0 spiro atoms. The SMILES string of the molecule is N#CC1(NC(=O)c2ccc(O)c(Cl)c2)CCCCCC1. The lowest BCUT2D eigenvalue weighted by Gasteiger charge is -2.26. The van der Waals surface area contributed by atoms with Crippen LogP contribution in [0.2, 0.25) is 5.02 Å². The molecule has 0 radical (unpaired) electrons. The number of amides is 1. The van der Waals surface area contributed by atoms with Crippen LogP contribution in [0.3, 0.4) is 0 Å². The van der Waals surface area contributed by atoms with Gasteiger partial charge in [-0.2, -0.15) is 5.26 Å². The number of phenolic OH excluding ortho intramolecular Hbond substituents is 1. The Morgan fingerprint density at radius 2 is 1.95 bits per heavy atom. The fourth-order valence-electron chi connectivity index (χ4n) is 2.53. The maximum atomic E-state index is 12.3. The zero-order valence-corrected chi connectivity index (χ0v) is 11.9. The number of nitrogens with one attached hydrogen (secondary N) is 1. The van der Waals surface area contributed by atoms with Crippen LogP contribution in [-0.2, 0) is 0 Å². The molecule has 4 nitrogen and oxygen atoms in total. The Morgan fingerprint density at radius 1 is 1.30 bits per heavy atom. The van der Waals surface area contributed by atoms with E-state index in [0.717, 1.165) is 25.7 Å². The average molecular weight is 293 g/mol. The molecular formula is C15H17ClN2O2. The number of rotatable bonds is 2. The summed E-state index contributed by atoms with van der Waals surface area (Å²) in [6.45, 7) is 0. The van der Waals surface area contributed by atoms with E-state index in [1.54, 1.807) is 0 Å². The number of carbonyl (C=O) groups excluding carboxylic acids is 1. The molecule has 0 saturated heterocycles. The van der Waals surface area contributed by atoms with Crippen molar-refractivity contribution in [1.29, 1.82) is 5.26 Å². The molecule has 0 bridgehead atoms. The molecule has 0 aliphatic heterocycles. The number of halogens is 1. The number of benzene rings is 1. The van der Waals surface area contributed by atoms with Crippen molar-refractivity contribution in [1.82, 2.24) is 5.32 Å². The maximum Gasteiger partial charge on any atom is 0.252 e. The second-order valence-corrected chi connectivity index (χ2v) is 5.64. The Labute approximate surface area is 123 Å². The number of hydrogen-bond acceptors (Lipinski definition) is 3. The summed E-state index contributed by atoms with van der Waals surface area (Å²) in [5.41, 5.74) is -0.426. The van der Waals surface area contributed by atoms with Crippen LogP contribution in [0.4, 0.5) is 0 Å². The normalized spacial score (nSPS) is 17.8. The number of carbonyl (C=O) groups is 1. The maximum absolute atomic E-state index is 12.3. The molecule has 0 atom stereocenters. The van der Waals surface area contributed by atoms with Crippen LogP contribution in [0.25, 0.3) is 0 Å². The largest absolute Gasteiger partial charge is 0.506 e. The van der Waals surface area contributed by atoms with Crippen LogP contribution in [0, 0.1) is 11.3 Å². The summed E-state index contributed by atoms with van der Waals surface area (Å²) in [5.74, 6) is -0.386. The summed E-state index contributed by atoms with van der Waals surface area (Å²) in [4.78, 5) is 12.3. The molecule has 5 heteroatoms. The van der Waals surface area contributed by atoms with Crippen molar-refractivity contribution in [3.63, 3.8) is 0 Å². The van der Waals surface area contributed by atoms with E-state index in [2.05, 4.69) is 11.4 Å². The van der Waals surface area contributed by atoms with Crippen LogP contribution < -0.4 is 5.32 Å². The van der Waals surface area contributed by atoms with Crippen molar-refractivity contribution in [2.24, 2.45) is 0 Å². The van der Waals surface area contributed by atoms with Gasteiger partial charge in [-0.3, -0.25) is 4.79 Å². The summed E-state index contributed by atoms with van der Waals surface area (Å²) in [6, 6.07) is 6.56. The summed E-state index contributed by atoms with van der Waals surface area (Å²) < 4.78 is 0. The van der Waals surface area contributed by atoms with Crippen molar-refractivity contribution in [2.45, 2.75) is 44.1 Å². The highest BCUT2D eigenvalue weighted by Gasteiger charge is 2.32. The van der Waals surface area contributed by atoms with Gasteiger partial charge in [0.1, 0.15) is 11.3 Å². The third-order valence-electron chi connectivity index (χ3n) is 3.73. The fourth-order valence-corrected chi connectivity index (χ4v) is 2.72. The first-order valence-electron chi connectivity index (χ1n) is 6.79. The van der Waals surface area contributed by atoms with Crippen LogP contribution >= 0.6 is 11.6 Å². The van der Waals surface area contributed by atoms with E-state index < -0.39 is 5.54 Å². The Kier molecular flexibility index (Phi) is 4.51. The molecule has 20 heavy (non-hydrogen) atoms. The van der Waals surface area contributed by atoms with Crippen LogP contribution in [-0.4, -0.2) is 16.6 Å². The molecule has 1 fully saturated rings. The van der Waals surface area contributed by atoms with Crippen molar-refractivity contribution >= 4 is 17.5 Å². The van der Waals surface area contributed by atoms with E-state index in [0.29, 0.717) is 18.4 Å². The molecule has 1 amide bonds. The van der Waals surface area contributed by atoms with Gasteiger partial charge in [-0.05, 0) is 31.0 Å². The number of hydrogen-bond donors (Lipinski definition) is 2. The minimum absolute atomic E-state index is 0.0623. The lowest BCUT2D eigenvalue weighted by molar-refractivity contribution is 0.0913. The van der Waals surface area contributed by atoms with Crippen molar-refractivity contribution in [2.75, 3.05) is 0 Å². The van der Waals surface area contributed by atoms with Gasteiger partial charge in [0.05, 0.1) is 11.1 Å². The molecule has 1 aromatic rings. The molecule has 1 aromatic carbocycles. The zero-order chi connectivity index (χ0) is 14.6. The molecular weight excluding hydrogens is 276 g/mol. The molecule has 0 heterocycles. The molecule has 2 rings (SSSR count). The summed E-state index contributed by atoms with van der Waals surface area (Å²) in [6.07, 6.45) is 5.46. The Morgan fingerprint density at radius 3 is 2.50 bits per heavy atom. The number of aromatic hydroxyl groups is 1. The van der Waals surface area contributed by atoms with E-state index in [4.69, 9.17) is 11.6 Å². The van der Waals surface area contributed by atoms with E-state index in [1.165, 1.54) is 18.2 Å². The summed E-state index contributed by atoms with van der Waals surface area (Å²) >= 11 is 5.80. The third kappa shape index (κ3) is 3.23. The molecule has 106 valence electrons. The van der Waals surface area contributed by atoms with Gasteiger partial charge in [-0.1, -0.05) is 37.3 Å². The second-order valence-electron chi connectivity index (χ2n) is 5.23. The molecule has 2 N–H and O–H groups in total. The highest BCUT2D eigenvalue weighted by molar-refractivity contribution is 6.32. The smallest absolute Gasteiger partial charge is 0.252 e. The molecule has 1 aliphatic carbocycles. The Hall–Kier alpha value is -1.73. The van der Waals surface area contributed by atoms with E-state index in [1.807, 2.05) is 0 Å². The molecule has 0 aromatic heterocycles. The third-order valence-corrected chi connectivity index (χ3v) is 4.04. The van der Waals surface area contributed by atoms with E-state index in [-0.39, 0.29) is 16.7 Å². The van der Waals surface area contributed by atoms with Gasteiger partial charge in [0.2, 0.25) is 0 Å². The monoisotopic (exact) mass is 292 g/mol. The van der Waals surface area contributed by atoms with E-state index >= 15 is 0 Å². The zero-order valence-electron chi connectivity index (χ0n) is 11.2. The fraction of sp³-hybridized carbons (Fsp3) is 0.467. The first kappa shape index (κ1) is 14.7. The molecule has 0 unspecified atom stereocenters. The lowest BCUT2D eigenvalue weighted by atomic mass is 9.91. The Balaban J connectivity index is 2.16. The highest BCUT2D eigenvalue weighted by atomic mass is 35.5. The van der Waals surface area contributed by atoms with Gasteiger partial charge < -0.3 is 10.4 Å². The van der Waals surface area contributed by atoms with Gasteiger partial charge in [0.25, 0.3) is 5.91 Å². The van der Waals surface area contributed by atoms with Crippen LogP contribution in [0.1, 0.15) is 48.9 Å². The van der Waals surface area contributed by atoms with Gasteiger partial charge in [0, 0.05) is 5.56 Å². The first-order valence-corrected chi connectivity index (χ1v) is 7.16. The predicted octanol–water partition coefficient (Wildman–Crippen LogP) is 3.39. The standard InChI is InChI=1S/C15H17ClN2O2/c16-12-9-11(5-6-13(12)19)14(20)18-15(10-17)7-3-1-2-4-8-15/h5-6,9,19H,1-4,7-8H2,(H,18,20). The topological polar surface area (TPSA) is 73.1 Å². The van der Waals surface area contributed by atoms with Gasteiger partial charge >= 0.3 is 0 Å². The Bertz CT molecular complexity index is 543. The minimum Gasteiger partial charge on any atom is -0.506 e. The van der Waals surface area contributed by atoms with Crippen molar-refractivity contribution < 1.29 is 9.90 Å². The van der Waals surface area contributed by atoms with Crippen LogP contribution in [0.5, 0.6) is 5.75 Å². The number of nitriles is 1. The summed E-state index contributed by atoms with van der Waals surface area (Å²) in [7, 11) is 0. The second kappa shape index (κ2) is 6.15. The first-order chi connectivity index (χ1) is 9.56. The van der Waals surface area contributed by atoms with Crippen LogP contribution in [0.15, 0.2) is 18.2 Å². The average Bonchev–Trinajstić information content (AvgIpc) is 2.68. The molecule has 1 aliphatic rings. The molecule has 1 saturated carbocycles. The predicted molar refractivity (Wildman–Crippen MR) is 76.6 cm³/mol. The van der Waals surface area contributed by atoms with Crippen molar-refractivity contribution in [3.8, 4) is 11.8 Å². The van der Waals surface area contributed by atoms with Gasteiger partial charge in [-0.15, -0.1) is 0 Å². The van der Waals surface area contributed by atoms with Gasteiger partial charge in [0.15, 0.2) is 0 Å². The lowest BCUT2D eigenvalue weighted by Crippen LogP contribution is -2.47. The minimum atomic E-state index is -0.780. The van der Waals surface area contributed by atoms with E-state index in [9.17, 15) is 15.2 Å². The van der Waals surface area contributed by atoms with Gasteiger partial charge in [-0.25, -0.2) is 0 Å². The number of nitrogens with zero attached hydrogens (tertiary/aromatic N) is 1. The van der Waals surface area contributed by atoms with Crippen molar-refractivity contribution in [3.05, 3.63) is 28.8 Å².